The summed E-state index contributed by atoms with van der Waals surface area (Å²) in [6.07, 6.45) is 0. The summed E-state index contributed by atoms with van der Waals surface area (Å²) in [7, 11) is 0. The van der Waals surface area contributed by atoms with Crippen molar-refractivity contribution in [1.29, 1.82) is 0 Å². The average Bonchev–Trinajstić information content (AvgIpc) is 3.06. The fourth-order valence-corrected chi connectivity index (χ4v) is 3.46. The van der Waals surface area contributed by atoms with Crippen LogP contribution in [0.1, 0.15) is 20.8 Å². The molecular weight excluding hydrogens is 342 g/mol. The van der Waals surface area contributed by atoms with E-state index >= 15 is 0 Å². The molecule has 1 atom stereocenters. The van der Waals surface area contributed by atoms with Gasteiger partial charge in [0.2, 0.25) is 5.91 Å². The highest BCUT2D eigenvalue weighted by Gasteiger charge is 2.20. The first kappa shape index (κ1) is 18.3. The van der Waals surface area contributed by atoms with Crippen molar-refractivity contribution in [3.63, 3.8) is 0 Å². The van der Waals surface area contributed by atoms with Crippen molar-refractivity contribution in [3.8, 4) is 22.5 Å². The Bertz CT molecular complexity index is 802. The molecule has 0 radical (unpaired) electrons. The normalized spacial score (nSPS) is 12.2. The van der Waals surface area contributed by atoms with E-state index in [1.807, 2.05) is 69.3 Å². The minimum atomic E-state index is -0.226. The van der Waals surface area contributed by atoms with E-state index in [9.17, 15) is 4.79 Å². The molecule has 1 heterocycles. The molecule has 0 aliphatic heterocycles. The topological polar surface area (TPSA) is 57.8 Å². The Hall–Kier alpha value is -2.53. The third-order valence-corrected chi connectivity index (χ3v) is 4.86. The zero-order chi connectivity index (χ0) is 18.5. The Morgan fingerprint density at radius 3 is 2.12 bits per heavy atom. The molecule has 1 amide bonds. The number of benzene rings is 2. The van der Waals surface area contributed by atoms with Gasteiger partial charge in [0.05, 0.1) is 16.6 Å². The molecule has 2 aromatic carbocycles. The highest BCUT2D eigenvalue weighted by atomic mass is 32.2. The average molecular weight is 366 g/mol. The van der Waals surface area contributed by atoms with E-state index in [2.05, 4.69) is 22.4 Å². The highest BCUT2D eigenvalue weighted by molar-refractivity contribution is 8.00. The number of imidazole rings is 1. The van der Waals surface area contributed by atoms with Gasteiger partial charge in [-0.15, -0.1) is 0 Å². The summed E-state index contributed by atoms with van der Waals surface area (Å²) < 4.78 is 0. The summed E-state index contributed by atoms with van der Waals surface area (Å²) in [5.74, 6) is 0.0175. The molecule has 0 saturated carbocycles. The maximum Gasteiger partial charge on any atom is 0.233 e. The van der Waals surface area contributed by atoms with Gasteiger partial charge in [0.1, 0.15) is 0 Å². The summed E-state index contributed by atoms with van der Waals surface area (Å²) in [5.41, 5.74) is 3.99. The van der Waals surface area contributed by atoms with Crippen LogP contribution < -0.4 is 5.32 Å². The van der Waals surface area contributed by atoms with Crippen LogP contribution in [0.15, 0.2) is 65.8 Å². The fraction of sp³-hybridized carbons (Fsp3) is 0.238. The van der Waals surface area contributed by atoms with Crippen LogP contribution >= 0.6 is 11.8 Å². The zero-order valence-electron chi connectivity index (χ0n) is 15.2. The van der Waals surface area contributed by atoms with Gasteiger partial charge >= 0.3 is 0 Å². The van der Waals surface area contributed by atoms with E-state index in [1.54, 1.807) is 0 Å². The molecule has 134 valence electrons. The van der Waals surface area contributed by atoms with Crippen LogP contribution in [-0.2, 0) is 4.79 Å². The molecule has 5 heteroatoms. The molecule has 0 bridgehead atoms. The van der Waals surface area contributed by atoms with Crippen molar-refractivity contribution in [2.24, 2.45) is 0 Å². The van der Waals surface area contributed by atoms with E-state index in [4.69, 9.17) is 4.98 Å². The Morgan fingerprint density at radius 2 is 1.54 bits per heavy atom. The molecular formula is C21H23N3OS. The molecule has 0 aliphatic rings. The van der Waals surface area contributed by atoms with Crippen LogP contribution in [0.5, 0.6) is 0 Å². The quantitative estimate of drug-likeness (QED) is 0.620. The Balaban J connectivity index is 1.93. The van der Waals surface area contributed by atoms with Crippen molar-refractivity contribution in [1.82, 2.24) is 15.3 Å². The third-order valence-electron chi connectivity index (χ3n) is 3.88. The molecule has 3 rings (SSSR count). The van der Waals surface area contributed by atoms with Crippen molar-refractivity contribution in [2.75, 3.05) is 0 Å². The standard InChI is InChI=1S/C21H23N3OS/c1-14(2)22-20(25)15(3)26-21-23-18(16-10-6-4-7-11-16)19(24-21)17-12-8-5-9-13-17/h4-15H,1-3H3,(H,22,25)(H,23,24)/t15-/m1/s1. The first-order chi connectivity index (χ1) is 12.5. The van der Waals surface area contributed by atoms with Crippen LogP contribution in [0, 0.1) is 0 Å². The molecule has 26 heavy (non-hydrogen) atoms. The van der Waals surface area contributed by atoms with E-state index in [0.29, 0.717) is 0 Å². The predicted molar refractivity (Wildman–Crippen MR) is 108 cm³/mol. The van der Waals surface area contributed by atoms with Crippen molar-refractivity contribution >= 4 is 17.7 Å². The fourth-order valence-electron chi connectivity index (χ4n) is 2.65. The number of aromatic amines is 1. The van der Waals surface area contributed by atoms with Crippen LogP contribution in [0.2, 0.25) is 0 Å². The van der Waals surface area contributed by atoms with Crippen molar-refractivity contribution in [2.45, 2.75) is 37.2 Å². The van der Waals surface area contributed by atoms with Gasteiger partial charge < -0.3 is 10.3 Å². The number of H-pyrrole nitrogens is 1. The predicted octanol–water partition coefficient (Wildman–Crippen LogP) is 4.75. The number of hydrogen-bond acceptors (Lipinski definition) is 3. The smallest absolute Gasteiger partial charge is 0.233 e. The number of thioether (sulfide) groups is 1. The summed E-state index contributed by atoms with van der Waals surface area (Å²) in [6.45, 7) is 5.82. The molecule has 4 nitrogen and oxygen atoms in total. The van der Waals surface area contributed by atoms with Crippen LogP contribution in [-0.4, -0.2) is 27.2 Å². The first-order valence-electron chi connectivity index (χ1n) is 8.72. The maximum atomic E-state index is 12.2. The summed E-state index contributed by atoms with van der Waals surface area (Å²) in [5, 5.41) is 3.46. The van der Waals surface area contributed by atoms with Crippen LogP contribution in [0.4, 0.5) is 0 Å². The largest absolute Gasteiger partial charge is 0.353 e. The molecule has 0 aliphatic carbocycles. The molecule has 0 spiro atoms. The van der Waals surface area contributed by atoms with Gasteiger partial charge in [0, 0.05) is 17.2 Å². The lowest BCUT2D eigenvalue weighted by Gasteiger charge is -2.12. The molecule has 0 unspecified atom stereocenters. The monoisotopic (exact) mass is 365 g/mol. The van der Waals surface area contributed by atoms with Crippen LogP contribution in [0.3, 0.4) is 0 Å². The van der Waals surface area contributed by atoms with Gasteiger partial charge in [-0.05, 0) is 20.8 Å². The first-order valence-corrected chi connectivity index (χ1v) is 9.60. The summed E-state index contributed by atoms with van der Waals surface area (Å²) in [4.78, 5) is 20.4. The number of carbonyl (C=O) groups is 1. The lowest BCUT2D eigenvalue weighted by molar-refractivity contribution is -0.120. The van der Waals surface area contributed by atoms with Gasteiger partial charge in [-0.25, -0.2) is 4.98 Å². The van der Waals surface area contributed by atoms with Gasteiger partial charge in [0.15, 0.2) is 5.16 Å². The maximum absolute atomic E-state index is 12.2. The number of rotatable bonds is 6. The van der Waals surface area contributed by atoms with E-state index in [0.717, 1.165) is 27.7 Å². The number of carbonyl (C=O) groups excluding carboxylic acids is 1. The van der Waals surface area contributed by atoms with E-state index in [1.165, 1.54) is 11.8 Å². The summed E-state index contributed by atoms with van der Waals surface area (Å²) in [6, 6.07) is 20.4. The van der Waals surface area contributed by atoms with Gasteiger partial charge in [-0.3, -0.25) is 4.79 Å². The van der Waals surface area contributed by atoms with Crippen molar-refractivity contribution < 1.29 is 4.79 Å². The number of aromatic nitrogens is 2. The third kappa shape index (κ3) is 4.35. The Labute approximate surface area is 158 Å². The van der Waals surface area contributed by atoms with Gasteiger partial charge in [0.25, 0.3) is 0 Å². The molecule has 0 fully saturated rings. The summed E-state index contributed by atoms with van der Waals surface area (Å²) >= 11 is 1.44. The molecule has 1 aromatic heterocycles. The SMILES string of the molecule is CC(C)NC(=O)[C@@H](C)Sc1nc(-c2ccccc2)c(-c2ccccc2)[nH]1. The number of nitrogens with zero attached hydrogens (tertiary/aromatic N) is 1. The number of amides is 1. The molecule has 0 saturated heterocycles. The molecule has 3 aromatic rings. The zero-order valence-corrected chi connectivity index (χ0v) is 16.0. The minimum Gasteiger partial charge on any atom is -0.353 e. The number of hydrogen-bond donors (Lipinski definition) is 2. The lowest BCUT2D eigenvalue weighted by Crippen LogP contribution is -2.35. The Morgan fingerprint density at radius 1 is 0.962 bits per heavy atom. The van der Waals surface area contributed by atoms with Crippen molar-refractivity contribution in [3.05, 3.63) is 60.7 Å². The Kier molecular flexibility index (Phi) is 5.78. The molecule has 2 N–H and O–H groups in total. The van der Waals surface area contributed by atoms with Crippen LogP contribution in [0.25, 0.3) is 22.5 Å². The van der Waals surface area contributed by atoms with E-state index < -0.39 is 0 Å². The second-order valence-electron chi connectivity index (χ2n) is 6.42. The van der Waals surface area contributed by atoms with Gasteiger partial charge in [-0.1, -0.05) is 72.4 Å². The highest BCUT2D eigenvalue weighted by Crippen LogP contribution is 2.33. The van der Waals surface area contributed by atoms with E-state index in [-0.39, 0.29) is 17.2 Å². The second-order valence-corrected chi connectivity index (χ2v) is 7.75. The second kappa shape index (κ2) is 8.23. The minimum absolute atomic E-state index is 0.0175. The number of nitrogens with one attached hydrogen (secondary N) is 2. The lowest BCUT2D eigenvalue weighted by atomic mass is 10.1. The van der Waals surface area contributed by atoms with Gasteiger partial charge in [-0.2, -0.15) is 0 Å².